The van der Waals surface area contributed by atoms with Crippen LogP contribution in [0.4, 0.5) is 11.9 Å². The van der Waals surface area contributed by atoms with Crippen molar-refractivity contribution in [3.05, 3.63) is 5.82 Å². The summed E-state index contributed by atoms with van der Waals surface area (Å²) < 4.78 is 0. The molecule has 0 aliphatic carbocycles. The molecule has 1 aromatic rings. The van der Waals surface area contributed by atoms with Gasteiger partial charge >= 0.3 is 0 Å². The number of rotatable bonds is 3. The molecule has 0 spiro atoms. The van der Waals surface area contributed by atoms with Crippen molar-refractivity contribution in [1.29, 1.82) is 0 Å². The molecule has 82 valence electrons. The lowest BCUT2D eigenvalue weighted by molar-refractivity contribution is 0.859. The van der Waals surface area contributed by atoms with Crippen molar-refractivity contribution in [2.24, 2.45) is 0 Å². The summed E-state index contributed by atoms with van der Waals surface area (Å²) in [6.07, 6.45) is 2.47. The van der Waals surface area contributed by atoms with Crippen LogP contribution in [0.3, 0.4) is 0 Å². The molecule has 15 heavy (non-hydrogen) atoms. The second-order valence-electron chi connectivity index (χ2n) is 3.73. The Morgan fingerprint density at radius 3 is 2.60 bits per heavy atom. The monoisotopic (exact) mass is 207 g/mol. The van der Waals surface area contributed by atoms with Gasteiger partial charge in [-0.1, -0.05) is 0 Å². The summed E-state index contributed by atoms with van der Waals surface area (Å²) in [7, 11) is 0. The topological polar surface area (TPSA) is 53.9 Å². The number of hydrogen-bond donors (Lipinski definition) is 1. The normalized spacial score (nSPS) is 15.7. The van der Waals surface area contributed by atoms with Crippen LogP contribution < -0.4 is 10.2 Å². The van der Waals surface area contributed by atoms with Gasteiger partial charge in [-0.25, -0.2) is 0 Å². The van der Waals surface area contributed by atoms with E-state index in [-0.39, 0.29) is 0 Å². The van der Waals surface area contributed by atoms with Gasteiger partial charge in [-0.05, 0) is 26.7 Å². The molecule has 1 aromatic heterocycles. The number of nitrogens with zero attached hydrogens (tertiary/aromatic N) is 4. The lowest BCUT2D eigenvalue weighted by atomic mass is 10.4. The zero-order valence-electron chi connectivity index (χ0n) is 9.32. The lowest BCUT2D eigenvalue weighted by Crippen LogP contribution is -2.22. The van der Waals surface area contributed by atoms with Crippen LogP contribution in [0.15, 0.2) is 0 Å². The van der Waals surface area contributed by atoms with E-state index in [1.807, 2.05) is 13.8 Å². The average Bonchev–Trinajstić information content (AvgIpc) is 2.70. The number of anilines is 2. The zero-order chi connectivity index (χ0) is 10.7. The average molecular weight is 207 g/mol. The van der Waals surface area contributed by atoms with E-state index in [9.17, 15) is 0 Å². The Bertz CT molecular complexity index is 333. The number of aromatic nitrogens is 3. The van der Waals surface area contributed by atoms with Crippen molar-refractivity contribution < 1.29 is 0 Å². The molecule has 0 atom stereocenters. The molecule has 1 aliphatic rings. The molecule has 0 aromatic carbocycles. The molecule has 0 saturated carbocycles. The van der Waals surface area contributed by atoms with Crippen molar-refractivity contribution in [2.75, 3.05) is 29.9 Å². The summed E-state index contributed by atoms with van der Waals surface area (Å²) in [5.41, 5.74) is 0. The van der Waals surface area contributed by atoms with E-state index in [1.54, 1.807) is 0 Å². The summed E-state index contributed by atoms with van der Waals surface area (Å²) in [4.78, 5) is 15.2. The summed E-state index contributed by atoms with van der Waals surface area (Å²) >= 11 is 0. The predicted molar refractivity (Wildman–Crippen MR) is 60.2 cm³/mol. The van der Waals surface area contributed by atoms with Crippen LogP contribution in [-0.4, -0.2) is 34.6 Å². The van der Waals surface area contributed by atoms with Gasteiger partial charge in [0.2, 0.25) is 11.9 Å². The Kier molecular flexibility index (Phi) is 2.99. The summed E-state index contributed by atoms with van der Waals surface area (Å²) in [5.74, 6) is 2.28. The van der Waals surface area contributed by atoms with Crippen molar-refractivity contribution in [3.63, 3.8) is 0 Å². The van der Waals surface area contributed by atoms with E-state index < -0.39 is 0 Å². The van der Waals surface area contributed by atoms with Crippen LogP contribution >= 0.6 is 0 Å². The molecule has 1 N–H and O–H groups in total. The molecule has 1 aliphatic heterocycles. The minimum atomic E-state index is 0.687. The quantitative estimate of drug-likeness (QED) is 0.807. The first-order valence-corrected chi connectivity index (χ1v) is 5.51. The Labute approximate surface area is 89.9 Å². The smallest absolute Gasteiger partial charge is 0.230 e. The highest BCUT2D eigenvalue weighted by atomic mass is 15.3. The third kappa shape index (κ3) is 2.34. The van der Waals surface area contributed by atoms with E-state index in [1.165, 1.54) is 12.8 Å². The largest absolute Gasteiger partial charge is 0.354 e. The zero-order valence-corrected chi connectivity index (χ0v) is 9.32. The third-order valence-electron chi connectivity index (χ3n) is 2.46. The Hall–Kier alpha value is -1.39. The molecular formula is C10H17N5. The van der Waals surface area contributed by atoms with Crippen LogP contribution in [0.5, 0.6) is 0 Å². The third-order valence-corrected chi connectivity index (χ3v) is 2.46. The summed E-state index contributed by atoms with van der Waals surface area (Å²) in [5, 5.41) is 3.12. The first-order valence-electron chi connectivity index (χ1n) is 5.51. The van der Waals surface area contributed by atoms with Gasteiger partial charge in [0.15, 0.2) is 0 Å². The van der Waals surface area contributed by atoms with Crippen molar-refractivity contribution in [2.45, 2.75) is 26.7 Å². The van der Waals surface area contributed by atoms with Crippen LogP contribution in [0.1, 0.15) is 25.6 Å². The van der Waals surface area contributed by atoms with Crippen molar-refractivity contribution in [1.82, 2.24) is 15.0 Å². The molecule has 0 radical (unpaired) electrons. The standard InChI is InChI=1S/C10H17N5/c1-3-11-9-12-8(2)13-10(14-9)15-6-4-5-7-15/h3-7H2,1-2H3,(H,11,12,13,14). The predicted octanol–water partition coefficient (Wildman–Crippen LogP) is 1.21. The van der Waals surface area contributed by atoms with Crippen LogP contribution in [0.2, 0.25) is 0 Å². The highest BCUT2D eigenvalue weighted by Crippen LogP contribution is 2.16. The Morgan fingerprint density at radius 1 is 1.20 bits per heavy atom. The highest BCUT2D eigenvalue weighted by molar-refractivity contribution is 5.37. The van der Waals surface area contributed by atoms with E-state index in [0.717, 1.165) is 31.4 Å². The van der Waals surface area contributed by atoms with Crippen LogP contribution in [-0.2, 0) is 0 Å². The fourth-order valence-corrected chi connectivity index (χ4v) is 1.76. The minimum Gasteiger partial charge on any atom is -0.354 e. The lowest BCUT2D eigenvalue weighted by Gasteiger charge is -2.15. The highest BCUT2D eigenvalue weighted by Gasteiger charge is 2.16. The second kappa shape index (κ2) is 4.42. The van der Waals surface area contributed by atoms with Gasteiger partial charge in [0, 0.05) is 19.6 Å². The van der Waals surface area contributed by atoms with Crippen LogP contribution in [0, 0.1) is 6.92 Å². The molecule has 2 heterocycles. The fraction of sp³-hybridized carbons (Fsp3) is 0.700. The molecule has 5 nitrogen and oxygen atoms in total. The van der Waals surface area contributed by atoms with Gasteiger partial charge in [-0.2, -0.15) is 15.0 Å². The molecular weight excluding hydrogens is 190 g/mol. The van der Waals surface area contributed by atoms with Crippen molar-refractivity contribution in [3.8, 4) is 0 Å². The number of nitrogens with one attached hydrogen (secondary N) is 1. The summed E-state index contributed by atoms with van der Waals surface area (Å²) in [6, 6.07) is 0. The SMILES string of the molecule is CCNc1nc(C)nc(N2CCCC2)n1. The first kappa shape index (κ1) is 10.1. The molecule has 5 heteroatoms. The van der Waals surface area contributed by atoms with Gasteiger partial charge in [0.25, 0.3) is 0 Å². The van der Waals surface area contributed by atoms with Crippen molar-refractivity contribution >= 4 is 11.9 Å². The number of aryl methyl sites for hydroxylation is 1. The Balaban J connectivity index is 2.22. The van der Waals surface area contributed by atoms with Gasteiger partial charge < -0.3 is 10.2 Å². The Morgan fingerprint density at radius 2 is 1.93 bits per heavy atom. The molecule has 0 unspecified atom stereocenters. The van der Waals surface area contributed by atoms with Crippen LogP contribution in [0.25, 0.3) is 0 Å². The molecule has 1 fully saturated rings. The second-order valence-corrected chi connectivity index (χ2v) is 3.73. The van der Waals surface area contributed by atoms with Gasteiger partial charge in [0.1, 0.15) is 5.82 Å². The van der Waals surface area contributed by atoms with Gasteiger partial charge in [-0.15, -0.1) is 0 Å². The maximum absolute atomic E-state index is 4.40. The van der Waals surface area contributed by atoms with E-state index >= 15 is 0 Å². The van der Waals surface area contributed by atoms with E-state index in [0.29, 0.717) is 5.95 Å². The first-order chi connectivity index (χ1) is 7.29. The molecule has 2 rings (SSSR count). The maximum Gasteiger partial charge on any atom is 0.230 e. The van der Waals surface area contributed by atoms with Gasteiger partial charge in [-0.3, -0.25) is 0 Å². The fourth-order valence-electron chi connectivity index (χ4n) is 1.76. The minimum absolute atomic E-state index is 0.687. The molecule has 1 saturated heterocycles. The van der Waals surface area contributed by atoms with E-state index in [4.69, 9.17) is 0 Å². The maximum atomic E-state index is 4.40. The summed E-state index contributed by atoms with van der Waals surface area (Å²) in [6.45, 7) is 6.91. The molecule has 0 amide bonds. The number of hydrogen-bond acceptors (Lipinski definition) is 5. The molecule has 0 bridgehead atoms. The van der Waals surface area contributed by atoms with E-state index in [2.05, 4.69) is 25.2 Å². The van der Waals surface area contributed by atoms with Gasteiger partial charge in [0.05, 0.1) is 0 Å².